The average molecular weight is 291 g/mol. The number of hydrogen-bond donors (Lipinski definition) is 2. The lowest BCUT2D eigenvalue weighted by Gasteiger charge is -2.29. The molecule has 1 aromatic heterocycles. The van der Waals surface area contributed by atoms with Crippen LogP contribution in [0.15, 0.2) is 6.33 Å². The Kier molecular flexibility index (Phi) is 5.36. The number of likely N-dealkylation sites (tertiary alicyclic amines) is 1. The number of carbonyl (C=O) groups excluding carboxylic acids is 1. The van der Waals surface area contributed by atoms with Gasteiger partial charge in [0.1, 0.15) is 24.0 Å². The zero-order valence-electron chi connectivity index (χ0n) is 13.1. The first-order valence-electron chi connectivity index (χ1n) is 7.74. The Bertz CT molecular complexity index is 485. The predicted octanol–water partition coefficient (Wildman–Crippen LogP) is 1.89. The molecule has 2 rings (SSSR count). The minimum Gasteiger partial charge on any atom is -0.373 e. The van der Waals surface area contributed by atoms with E-state index in [4.69, 9.17) is 0 Å². The van der Waals surface area contributed by atoms with E-state index in [1.807, 2.05) is 18.9 Å². The van der Waals surface area contributed by atoms with Crippen LogP contribution in [-0.4, -0.2) is 47.0 Å². The van der Waals surface area contributed by atoms with Crippen LogP contribution < -0.4 is 10.6 Å². The summed E-state index contributed by atoms with van der Waals surface area (Å²) in [6.45, 7) is 5.70. The molecule has 1 unspecified atom stereocenters. The summed E-state index contributed by atoms with van der Waals surface area (Å²) in [5.41, 5.74) is 1.01. The van der Waals surface area contributed by atoms with Crippen LogP contribution in [0.1, 0.15) is 38.7 Å². The van der Waals surface area contributed by atoms with Crippen molar-refractivity contribution in [2.24, 2.45) is 0 Å². The van der Waals surface area contributed by atoms with E-state index in [9.17, 15) is 4.79 Å². The highest BCUT2D eigenvalue weighted by Gasteiger charge is 2.23. The lowest BCUT2D eigenvalue weighted by atomic mass is 10.1. The van der Waals surface area contributed by atoms with Crippen LogP contribution in [0.3, 0.4) is 0 Å². The second-order valence-corrected chi connectivity index (χ2v) is 5.40. The monoisotopic (exact) mass is 291 g/mol. The molecule has 0 radical (unpaired) electrons. The van der Waals surface area contributed by atoms with E-state index in [-0.39, 0.29) is 11.9 Å². The predicted molar refractivity (Wildman–Crippen MR) is 84.5 cm³/mol. The SMILES string of the molecule is CCc1c(NC)ncnc1NC(C)C(=O)N1CCCCC1. The Labute approximate surface area is 126 Å². The maximum atomic E-state index is 12.5. The molecule has 0 saturated carbocycles. The fourth-order valence-corrected chi connectivity index (χ4v) is 2.74. The Morgan fingerprint density at radius 2 is 1.95 bits per heavy atom. The molecule has 6 nitrogen and oxygen atoms in total. The summed E-state index contributed by atoms with van der Waals surface area (Å²) in [4.78, 5) is 22.9. The van der Waals surface area contributed by atoms with Gasteiger partial charge in [0.25, 0.3) is 0 Å². The maximum Gasteiger partial charge on any atom is 0.244 e. The summed E-state index contributed by atoms with van der Waals surface area (Å²) in [6, 6.07) is -0.270. The van der Waals surface area contributed by atoms with E-state index in [0.717, 1.165) is 49.6 Å². The quantitative estimate of drug-likeness (QED) is 0.867. The lowest BCUT2D eigenvalue weighted by molar-refractivity contribution is -0.132. The van der Waals surface area contributed by atoms with Gasteiger partial charge in [0, 0.05) is 25.7 Å². The molecule has 2 N–H and O–H groups in total. The molecule has 0 aliphatic carbocycles. The van der Waals surface area contributed by atoms with Crippen molar-refractivity contribution in [2.45, 2.75) is 45.6 Å². The van der Waals surface area contributed by atoms with Gasteiger partial charge in [-0.25, -0.2) is 9.97 Å². The van der Waals surface area contributed by atoms with Gasteiger partial charge < -0.3 is 15.5 Å². The smallest absolute Gasteiger partial charge is 0.244 e. The van der Waals surface area contributed by atoms with Crippen LogP contribution in [0.25, 0.3) is 0 Å². The van der Waals surface area contributed by atoms with Crippen molar-refractivity contribution >= 4 is 17.5 Å². The summed E-state index contributed by atoms with van der Waals surface area (Å²) in [7, 11) is 1.84. The van der Waals surface area contributed by atoms with Gasteiger partial charge in [0.05, 0.1) is 0 Å². The van der Waals surface area contributed by atoms with E-state index in [0.29, 0.717) is 0 Å². The number of nitrogens with one attached hydrogen (secondary N) is 2. The second kappa shape index (κ2) is 7.24. The van der Waals surface area contributed by atoms with Crippen molar-refractivity contribution < 1.29 is 4.79 Å². The van der Waals surface area contributed by atoms with Gasteiger partial charge in [0.2, 0.25) is 5.91 Å². The van der Waals surface area contributed by atoms with Gasteiger partial charge in [0.15, 0.2) is 0 Å². The summed E-state index contributed by atoms with van der Waals surface area (Å²) < 4.78 is 0. The molecule has 1 amide bonds. The summed E-state index contributed by atoms with van der Waals surface area (Å²) >= 11 is 0. The van der Waals surface area contributed by atoms with Crippen LogP contribution in [0.5, 0.6) is 0 Å². The standard InChI is InChI=1S/C15H25N5O/c1-4-12-13(16-3)17-10-18-14(12)19-11(2)15(21)20-8-6-5-7-9-20/h10-11H,4-9H2,1-3H3,(H2,16,17,18,19). The van der Waals surface area contributed by atoms with E-state index in [2.05, 4.69) is 27.5 Å². The minimum absolute atomic E-state index is 0.154. The topological polar surface area (TPSA) is 70.1 Å². The number of piperidine rings is 1. The van der Waals surface area contributed by atoms with Crippen LogP contribution in [0, 0.1) is 0 Å². The molecule has 1 aromatic rings. The molecule has 1 fully saturated rings. The molecule has 1 atom stereocenters. The minimum atomic E-state index is -0.270. The first-order chi connectivity index (χ1) is 10.2. The zero-order valence-corrected chi connectivity index (χ0v) is 13.1. The van der Waals surface area contributed by atoms with Gasteiger partial charge in [-0.2, -0.15) is 0 Å². The van der Waals surface area contributed by atoms with Crippen molar-refractivity contribution in [1.29, 1.82) is 0 Å². The normalized spacial score (nSPS) is 16.4. The molecule has 1 saturated heterocycles. The summed E-state index contributed by atoms with van der Waals surface area (Å²) in [5, 5.41) is 6.32. The Morgan fingerprint density at radius 3 is 2.57 bits per heavy atom. The number of nitrogens with zero attached hydrogens (tertiary/aromatic N) is 3. The number of hydrogen-bond acceptors (Lipinski definition) is 5. The average Bonchev–Trinajstić information content (AvgIpc) is 2.54. The molecule has 1 aliphatic rings. The fourth-order valence-electron chi connectivity index (χ4n) is 2.74. The van der Waals surface area contributed by atoms with Gasteiger partial charge in [-0.05, 0) is 32.6 Å². The summed E-state index contributed by atoms with van der Waals surface area (Å²) in [6.07, 6.45) is 5.77. The Balaban J connectivity index is 2.08. The van der Waals surface area contributed by atoms with Crippen LogP contribution in [0.2, 0.25) is 0 Å². The van der Waals surface area contributed by atoms with Crippen molar-refractivity contribution in [3.8, 4) is 0 Å². The van der Waals surface area contributed by atoms with Gasteiger partial charge in [-0.15, -0.1) is 0 Å². The molecule has 1 aliphatic heterocycles. The maximum absolute atomic E-state index is 12.5. The van der Waals surface area contributed by atoms with Gasteiger partial charge >= 0.3 is 0 Å². The third-order valence-electron chi connectivity index (χ3n) is 3.93. The highest BCUT2D eigenvalue weighted by molar-refractivity contribution is 5.84. The van der Waals surface area contributed by atoms with E-state index >= 15 is 0 Å². The highest BCUT2D eigenvalue weighted by Crippen LogP contribution is 2.21. The van der Waals surface area contributed by atoms with E-state index in [1.165, 1.54) is 12.7 Å². The fraction of sp³-hybridized carbons (Fsp3) is 0.667. The molecular formula is C15H25N5O. The molecule has 21 heavy (non-hydrogen) atoms. The highest BCUT2D eigenvalue weighted by atomic mass is 16.2. The third-order valence-corrected chi connectivity index (χ3v) is 3.93. The molecular weight excluding hydrogens is 266 g/mol. The molecule has 6 heteroatoms. The lowest BCUT2D eigenvalue weighted by Crippen LogP contribution is -2.44. The first-order valence-corrected chi connectivity index (χ1v) is 7.74. The van der Waals surface area contributed by atoms with Crippen LogP contribution >= 0.6 is 0 Å². The molecule has 0 aromatic carbocycles. The van der Waals surface area contributed by atoms with Crippen molar-refractivity contribution in [1.82, 2.24) is 14.9 Å². The Morgan fingerprint density at radius 1 is 1.29 bits per heavy atom. The van der Waals surface area contributed by atoms with Crippen LogP contribution in [0.4, 0.5) is 11.6 Å². The van der Waals surface area contributed by atoms with E-state index in [1.54, 1.807) is 0 Å². The molecule has 0 spiro atoms. The molecule has 0 bridgehead atoms. The summed E-state index contributed by atoms with van der Waals surface area (Å²) in [5.74, 6) is 1.71. The third kappa shape index (κ3) is 3.62. The Hall–Kier alpha value is -1.85. The van der Waals surface area contributed by atoms with E-state index < -0.39 is 0 Å². The number of anilines is 2. The molecule has 116 valence electrons. The van der Waals surface area contributed by atoms with Crippen molar-refractivity contribution in [2.75, 3.05) is 30.8 Å². The molecule has 2 heterocycles. The number of amides is 1. The number of rotatable bonds is 5. The van der Waals surface area contributed by atoms with Crippen molar-refractivity contribution in [3.05, 3.63) is 11.9 Å². The first kappa shape index (κ1) is 15.5. The number of aromatic nitrogens is 2. The van der Waals surface area contributed by atoms with Gasteiger partial charge in [-0.3, -0.25) is 4.79 Å². The largest absolute Gasteiger partial charge is 0.373 e. The van der Waals surface area contributed by atoms with Gasteiger partial charge in [-0.1, -0.05) is 6.92 Å². The zero-order chi connectivity index (χ0) is 15.2. The van der Waals surface area contributed by atoms with Crippen molar-refractivity contribution in [3.63, 3.8) is 0 Å². The second-order valence-electron chi connectivity index (χ2n) is 5.40. The van der Waals surface area contributed by atoms with Crippen LogP contribution in [-0.2, 0) is 11.2 Å². The number of carbonyl (C=O) groups is 1.